The first kappa shape index (κ1) is 13.1. The molecular weight excluding hydrogens is 230 g/mol. The van der Waals surface area contributed by atoms with Gasteiger partial charge in [0.05, 0.1) is 19.3 Å². The first-order valence-corrected chi connectivity index (χ1v) is 6.33. The summed E-state index contributed by atoms with van der Waals surface area (Å²) in [6, 6.07) is 9.60. The third-order valence-corrected chi connectivity index (χ3v) is 3.43. The number of rotatable bonds is 5. The number of amides is 1. The topological polar surface area (TPSA) is 58.6 Å². The van der Waals surface area contributed by atoms with Gasteiger partial charge in [0.2, 0.25) is 5.91 Å². The zero-order valence-corrected chi connectivity index (χ0v) is 10.5. The van der Waals surface area contributed by atoms with E-state index in [9.17, 15) is 9.90 Å². The van der Waals surface area contributed by atoms with Gasteiger partial charge >= 0.3 is 0 Å². The highest BCUT2D eigenvalue weighted by molar-refractivity contribution is 5.84. The van der Waals surface area contributed by atoms with Gasteiger partial charge in [-0.15, -0.1) is 0 Å². The summed E-state index contributed by atoms with van der Waals surface area (Å²) in [6.07, 6.45) is 0.357. The van der Waals surface area contributed by atoms with Crippen molar-refractivity contribution in [3.63, 3.8) is 0 Å². The molecule has 1 fully saturated rings. The lowest BCUT2D eigenvalue weighted by molar-refractivity contribution is -0.131. The fourth-order valence-corrected chi connectivity index (χ4v) is 2.42. The molecule has 1 amide bonds. The maximum Gasteiger partial charge on any atom is 0.249 e. The van der Waals surface area contributed by atoms with Crippen LogP contribution in [-0.4, -0.2) is 29.8 Å². The molecule has 0 unspecified atom stereocenters. The molecule has 2 rings (SSSR count). The van der Waals surface area contributed by atoms with Crippen molar-refractivity contribution in [2.24, 2.45) is 5.92 Å². The van der Waals surface area contributed by atoms with Gasteiger partial charge < -0.3 is 15.2 Å². The van der Waals surface area contributed by atoms with Gasteiger partial charge in [-0.1, -0.05) is 37.3 Å². The van der Waals surface area contributed by atoms with Crippen LogP contribution in [0.3, 0.4) is 0 Å². The van der Waals surface area contributed by atoms with Crippen molar-refractivity contribution < 1.29 is 14.6 Å². The Morgan fingerprint density at radius 2 is 2.06 bits per heavy atom. The summed E-state index contributed by atoms with van der Waals surface area (Å²) in [5, 5.41) is 12.0. The lowest BCUT2D eigenvalue weighted by Crippen LogP contribution is -2.32. The van der Waals surface area contributed by atoms with Crippen LogP contribution in [0, 0.1) is 5.92 Å². The molecule has 0 saturated carbocycles. The molecule has 1 aliphatic rings. The fourth-order valence-electron chi connectivity index (χ4n) is 2.42. The second kappa shape index (κ2) is 5.98. The van der Waals surface area contributed by atoms with E-state index in [2.05, 4.69) is 5.32 Å². The summed E-state index contributed by atoms with van der Waals surface area (Å²) in [6.45, 7) is 2.40. The number of nitrogens with one attached hydrogen (secondary N) is 1. The first-order chi connectivity index (χ1) is 8.76. The van der Waals surface area contributed by atoms with Gasteiger partial charge in [-0.2, -0.15) is 0 Å². The molecule has 0 radical (unpaired) electrons. The molecule has 0 aliphatic carbocycles. The van der Waals surface area contributed by atoms with E-state index in [0.717, 1.165) is 12.0 Å². The molecule has 18 heavy (non-hydrogen) atoms. The average molecular weight is 249 g/mol. The van der Waals surface area contributed by atoms with Crippen molar-refractivity contribution in [1.29, 1.82) is 0 Å². The molecule has 98 valence electrons. The number of carbonyl (C=O) groups is 1. The minimum absolute atomic E-state index is 0.0323. The Hall–Kier alpha value is -1.39. The Balaban J connectivity index is 1.97. The Labute approximate surface area is 107 Å². The van der Waals surface area contributed by atoms with E-state index in [0.29, 0.717) is 6.61 Å². The normalized spacial score (nSPS) is 27.2. The van der Waals surface area contributed by atoms with E-state index in [-0.39, 0.29) is 24.5 Å². The minimum atomic E-state index is -0.452. The van der Waals surface area contributed by atoms with Gasteiger partial charge in [-0.05, 0) is 12.0 Å². The second-order valence-corrected chi connectivity index (χ2v) is 4.59. The predicted octanol–water partition coefficient (Wildman–Crippen LogP) is 1.09. The van der Waals surface area contributed by atoms with Crippen LogP contribution in [0.5, 0.6) is 0 Å². The fraction of sp³-hybridized carbons (Fsp3) is 0.500. The molecule has 0 aromatic heterocycles. The summed E-state index contributed by atoms with van der Waals surface area (Å²) in [7, 11) is 0. The van der Waals surface area contributed by atoms with Crippen LogP contribution in [0.2, 0.25) is 0 Å². The maximum absolute atomic E-state index is 11.8. The molecule has 3 atom stereocenters. The third kappa shape index (κ3) is 2.71. The Bertz CT molecular complexity index is 393. The van der Waals surface area contributed by atoms with Crippen LogP contribution in [0.25, 0.3) is 0 Å². The van der Waals surface area contributed by atoms with Crippen LogP contribution in [0.4, 0.5) is 0 Å². The van der Waals surface area contributed by atoms with Crippen LogP contribution >= 0.6 is 0 Å². The van der Waals surface area contributed by atoms with Crippen molar-refractivity contribution >= 4 is 5.91 Å². The van der Waals surface area contributed by atoms with Crippen molar-refractivity contribution in [2.75, 3.05) is 6.61 Å². The van der Waals surface area contributed by atoms with Crippen molar-refractivity contribution in [3.05, 3.63) is 35.9 Å². The highest BCUT2D eigenvalue weighted by Crippen LogP contribution is 2.24. The van der Waals surface area contributed by atoms with Gasteiger partial charge in [0.1, 0.15) is 6.10 Å². The molecule has 0 spiro atoms. The minimum Gasteiger partial charge on any atom is -0.394 e. The highest BCUT2D eigenvalue weighted by Gasteiger charge is 2.41. The van der Waals surface area contributed by atoms with E-state index >= 15 is 0 Å². The van der Waals surface area contributed by atoms with Crippen molar-refractivity contribution in [3.8, 4) is 0 Å². The zero-order chi connectivity index (χ0) is 13.0. The summed E-state index contributed by atoms with van der Waals surface area (Å²) in [5.41, 5.74) is 1.05. The lowest BCUT2D eigenvalue weighted by atomic mass is 9.96. The zero-order valence-electron chi connectivity index (χ0n) is 10.5. The van der Waals surface area contributed by atoms with Gasteiger partial charge in [-0.3, -0.25) is 4.79 Å². The van der Waals surface area contributed by atoms with Crippen molar-refractivity contribution in [1.82, 2.24) is 5.32 Å². The number of ether oxygens (including phenoxy) is 1. The van der Waals surface area contributed by atoms with Crippen molar-refractivity contribution in [2.45, 2.75) is 32.1 Å². The van der Waals surface area contributed by atoms with Gasteiger partial charge in [0.15, 0.2) is 0 Å². The molecule has 4 nitrogen and oxygen atoms in total. The van der Waals surface area contributed by atoms with Crippen LogP contribution in [0.1, 0.15) is 18.9 Å². The molecule has 1 aromatic carbocycles. The Kier molecular flexibility index (Phi) is 4.33. The molecule has 1 heterocycles. The van der Waals surface area contributed by atoms with E-state index < -0.39 is 6.10 Å². The number of aliphatic hydroxyl groups excluding tert-OH is 1. The average Bonchev–Trinajstić information content (AvgIpc) is 2.73. The maximum atomic E-state index is 11.8. The monoisotopic (exact) mass is 249 g/mol. The standard InChI is InChI=1S/C14H19NO3/c1-2-11-12(8-16)15-14(17)13(11)18-9-10-6-4-3-5-7-10/h3-7,11-13,16H,2,8-9H2,1H3,(H,15,17)/t11-,12+,13+/m0/s1. The molecule has 2 N–H and O–H groups in total. The van der Waals surface area contributed by atoms with Crippen LogP contribution in [-0.2, 0) is 16.1 Å². The van der Waals surface area contributed by atoms with E-state index in [4.69, 9.17) is 4.74 Å². The smallest absolute Gasteiger partial charge is 0.249 e. The van der Waals surface area contributed by atoms with Gasteiger partial charge in [0, 0.05) is 5.92 Å². The molecule has 1 saturated heterocycles. The summed E-state index contributed by atoms with van der Waals surface area (Å²) >= 11 is 0. The second-order valence-electron chi connectivity index (χ2n) is 4.59. The van der Waals surface area contributed by atoms with Gasteiger partial charge in [-0.25, -0.2) is 0 Å². The Morgan fingerprint density at radius 1 is 1.33 bits per heavy atom. The highest BCUT2D eigenvalue weighted by atomic mass is 16.5. The number of aliphatic hydroxyl groups is 1. The predicted molar refractivity (Wildman–Crippen MR) is 67.8 cm³/mol. The number of benzene rings is 1. The third-order valence-electron chi connectivity index (χ3n) is 3.43. The van der Waals surface area contributed by atoms with E-state index in [1.54, 1.807) is 0 Å². The number of hydrogen-bond acceptors (Lipinski definition) is 3. The molecule has 1 aromatic rings. The summed E-state index contributed by atoms with van der Waals surface area (Å²) in [4.78, 5) is 11.8. The molecule has 0 bridgehead atoms. The van der Waals surface area contributed by atoms with E-state index in [1.807, 2.05) is 37.3 Å². The number of hydrogen-bond donors (Lipinski definition) is 2. The first-order valence-electron chi connectivity index (χ1n) is 6.33. The summed E-state index contributed by atoms with van der Waals surface area (Å²) in [5.74, 6) is -0.0666. The largest absolute Gasteiger partial charge is 0.394 e. The summed E-state index contributed by atoms with van der Waals surface area (Å²) < 4.78 is 5.71. The van der Waals surface area contributed by atoms with E-state index in [1.165, 1.54) is 0 Å². The van der Waals surface area contributed by atoms with Crippen LogP contribution < -0.4 is 5.32 Å². The van der Waals surface area contributed by atoms with Crippen LogP contribution in [0.15, 0.2) is 30.3 Å². The molecule has 4 heteroatoms. The molecule has 1 aliphatic heterocycles. The SMILES string of the molecule is CC[C@H]1[C@@H](CO)NC(=O)[C@@H]1OCc1ccccc1. The quantitative estimate of drug-likeness (QED) is 0.821. The molecular formula is C14H19NO3. The number of carbonyl (C=O) groups excluding carboxylic acids is 1. The van der Waals surface area contributed by atoms with Gasteiger partial charge in [0.25, 0.3) is 0 Å². The lowest BCUT2D eigenvalue weighted by Gasteiger charge is -2.19. The Morgan fingerprint density at radius 3 is 2.67 bits per heavy atom.